The zero-order valence-corrected chi connectivity index (χ0v) is 14.2. The third-order valence-electron chi connectivity index (χ3n) is 4.44. The highest BCUT2D eigenvalue weighted by atomic mass is 16.6. The molecule has 25 heavy (non-hydrogen) atoms. The Labute approximate surface area is 145 Å². The smallest absolute Gasteiger partial charge is 0.275 e. The molecule has 0 unspecified atom stereocenters. The molecule has 1 N–H and O–H groups in total. The predicted molar refractivity (Wildman–Crippen MR) is 92.5 cm³/mol. The number of aromatic nitrogens is 2. The number of nitrogens with one attached hydrogen (secondary N) is 1. The summed E-state index contributed by atoms with van der Waals surface area (Å²) in [5.74, 6) is -0.220. The molecular weight excluding hydrogens is 324 g/mol. The first-order valence-corrected chi connectivity index (χ1v) is 8.63. The minimum absolute atomic E-state index is 0.0452. The number of benzene rings is 1. The standard InChI is InChI=1S/C17H22N4O4/c1-2-8-20(11-13-5-3-4-9-25-13)17(22)16-14-10-12(21(23)24)6-7-15(14)18-19-16/h6-7,10,13H,2-5,8-9,11H2,1H3,(H,18,19)/t13-/m1/s1. The topological polar surface area (TPSA) is 101 Å². The fourth-order valence-electron chi connectivity index (χ4n) is 3.17. The molecule has 1 aromatic heterocycles. The van der Waals surface area contributed by atoms with Gasteiger partial charge >= 0.3 is 0 Å². The van der Waals surface area contributed by atoms with Crippen molar-refractivity contribution in [3.63, 3.8) is 0 Å². The SMILES string of the molecule is CCCN(C[C@H]1CCCCO1)C(=O)c1n[nH]c2ccc([N+](=O)[O-])cc12. The normalized spacial score (nSPS) is 17.6. The van der Waals surface area contributed by atoms with Gasteiger partial charge in [0.25, 0.3) is 11.6 Å². The molecule has 3 rings (SSSR count). The molecule has 134 valence electrons. The Balaban J connectivity index is 1.86. The number of nitro benzene ring substituents is 1. The fourth-order valence-corrected chi connectivity index (χ4v) is 3.17. The summed E-state index contributed by atoms with van der Waals surface area (Å²) in [5, 5.41) is 18.4. The molecule has 8 nitrogen and oxygen atoms in total. The summed E-state index contributed by atoms with van der Waals surface area (Å²) >= 11 is 0. The lowest BCUT2D eigenvalue weighted by Gasteiger charge is -2.29. The van der Waals surface area contributed by atoms with Gasteiger partial charge in [0.05, 0.1) is 16.5 Å². The van der Waals surface area contributed by atoms with Crippen LogP contribution < -0.4 is 0 Å². The van der Waals surface area contributed by atoms with Crippen molar-refractivity contribution < 1.29 is 14.5 Å². The van der Waals surface area contributed by atoms with E-state index in [0.29, 0.717) is 24.0 Å². The third-order valence-corrected chi connectivity index (χ3v) is 4.44. The molecule has 1 amide bonds. The summed E-state index contributed by atoms with van der Waals surface area (Å²) in [6.07, 6.45) is 3.98. The quantitative estimate of drug-likeness (QED) is 0.640. The van der Waals surface area contributed by atoms with Gasteiger partial charge in [-0.1, -0.05) is 6.92 Å². The van der Waals surface area contributed by atoms with Gasteiger partial charge in [0, 0.05) is 37.2 Å². The summed E-state index contributed by atoms with van der Waals surface area (Å²) in [6, 6.07) is 4.37. The number of rotatable bonds is 6. The number of aromatic amines is 1. The van der Waals surface area contributed by atoms with Crippen LogP contribution in [-0.2, 0) is 4.74 Å². The summed E-state index contributed by atoms with van der Waals surface area (Å²) in [7, 11) is 0. The number of ether oxygens (including phenoxy) is 1. The minimum atomic E-state index is -0.472. The van der Waals surface area contributed by atoms with Crippen LogP contribution in [0.3, 0.4) is 0 Å². The van der Waals surface area contributed by atoms with E-state index in [0.717, 1.165) is 32.3 Å². The van der Waals surface area contributed by atoms with E-state index in [9.17, 15) is 14.9 Å². The van der Waals surface area contributed by atoms with Crippen molar-refractivity contribution in [1.82, 2.24) is 15.1 Å². The van der Waals surface area contributed by atoms with Crippen molar-refractivity contribution in [2.45, 2.75) is 38.7 Å². The molecule has 0 saturated carbocycles. The highest BCUT2D eigenvalue weighted by molar-refractivity contribution is 6.05. The van der Waals surface area contributed by atoms with Crippen LogP contribution in [0.5, 0.6) is 0 Å². The maximum atomic E-state index is 13.0. The number of non-ortho nitro benzene ring substituents is 1. The number of hydrogen-bond acceptors (Lipinski definition) is 5. The number of nitrogens with zero attached hydrogens (tertiary/aromatic N) is 3. The Kier molecular flexibility index (Phi) is 5.28. The number of carbonyl (C=O) groups is 1. The Morgan fingerprint density at radius 3 is 3.00 bits per heavy atom. The van der Waals surface area contributed by atoms with Gasteiger partial charge < -0.3 is 9.64 Å². The number of hydrogen-bond donors (Lipinski definition) is 1. The van der Waals surface area contributed by atoms with Gasteiger partial charge in [-0.25, -0.2) is 0 Å². The van der Waals surface area contributed by atoms with Crippen LogP contribution in [0.25, 0.3) is 10.9 Å². The number of nitro groups is 1. The van der Waals surface area contributed by atoms with Crippen LogP contribution in [-0.4, -0.2) is 51.7 Å². The molecule has 1 aromatic carbocycles. The van der Waals surface area contributed by atoms with Crippen LogP contribution in [0.1, 0.15) is 43.1 Å². The molecule has 1 aliphatic heterocycles. The second-order valence-corrected chi connectivity index (χ2v) is 6.30. The van der Waals surface area contributed by atoms with E-state index in [1.807, 2.05) is 6.92 Å². The first-order valence-electron chi connectivity index (χ1n) is 8.63. The zero-order valence-electron chi connectivity index (χ0n) is 14.2. The lowest BCUT2D eigenvalue weighted by Crippen LogP contribution is -2.40. The van der Waals surface area contributed by atoms with Gasteiger partial charge in [0.1, 0.15) is 0 Å². The number of H-pyrrole nitrogens is 1. The molecular formula is C17H22N4O4. The molecule has 0 spiro atoms. The summed E-state index contributed by atoms with van der Waals surface area (Å²) in [5.41, 5.74) is 0.780. The lowest BCUT2D eigenvalue weighted by atomic mass is 10.1. The van der Waals surface area contributed by atoms with Crippen molar-refractivity contribution in [3.05, 3.63) is 34.0 Å². The second kappa shape index (κ2) is 7.60. The van der Waals surface area contributed by atoms with Crippen molar-refractivity contribution in [1.29, 1.82) is 0 Å². The Morgan fingerprint density at radius 1 is 1.48 bits per heavy atom. The molecule has 0 bridgehead atoms. The van der Waals surface area contributed by atoms with E-state index in [2.05, 4.69) is 10.2 Å². The molecule has 2 heterocycles. The number of amides is 1. The van der Waals surface area contributed by atoms with Gasteiger partial charge in [0.15, 0.2) is 5.69 Å². The molecule has 0 radical (unpaired) electrons. The summed E-state index contributed by atoms with van der Waals surface area (Å²) < 4.78 is 5.75. The maximum absolute atomic E-state index is 13.0. The zero-order chi connectivity index (χ0) is 17.8. The molecule has 0 aliphatic carbocycles. The van der Waals surface area contributed by atoms with E-state index in [1.54, 1.807) is 11.0 Å². The van der Waals surface area contributed by atoms with Crippen molar-refractivity contribution in [3.8, 4) is 0 Å². The van der Waals surface area contributed by atoms with E-state index in [4.69, 9.17) is 4.74 Å². The molecule has 1 atom stereocenters. The minimum Gasteiger partial charge on any atom is -0.376 e. The van der Waals surface area contributed by atoms with Gasteiger partial charge in [-0.2, -0.15) is 5.10 Å². The van der Waals surface area contributed by atoms with Gasteiger partial charge in [-0.15, -0.1) is 0 Å². The van der Waals surface area contributed by atoms with Crippen LogP contribution in [0.4, 0.5) is 5.69 Å². The molecule has 8 heteroatoms. The Morgan fingerprint density at radius 2 is 2.32 bits per heavy atom. The third kappa shape index (κ3) is 3.79. The molecule has 1 fully saturated rings. The average molecular weight is 346 g/mol. The van der Waals surface area contributed by atoms with Crippen LogP contribution in [0, 0.1) is 10.1 Å². The van der Waals surface area contributed by atoms with Crippen LogP contribution >= 0.6 is 0 Å². The number of fused-ring (bicyclic) bond motifs is 1. The van der Waals surface area contributed by atoms with E-state index in [-0.39, 0.29) is 23.4 Å². The van der Waals surface area contributed by atoms with Crippen molar-refractivity contribution in [2.24, 2.45) is 0 Å². The monoisotopic (exact) mass is 346 g/mol. The van der Waals surface area contributed by atoms with Gasteiger partial charge in [-0.05, 0) is 31.7 Å². The van der Waals surface area contributed by atoms with E-state index < -0.39 is 4.92 Å². The second-order valence-electron chi connectivity index (χ2n) is 6.30. The number of carbonyl (C=O) groups excluding carboxylic acids is 1. The highest BCUT2D eigenvalue weighted by Gasteiger charge is 2.25. The molecule has 2 aromatic rings. The maximum Gasteiger partial charge on any atom is 0.275 e. The van der Waals surface area contributed by atoms with Crippen molar-refractivity contribution in [2.75, 3.05) is 19.7 Å². The van der Waals surface area contributed by atoms with Gasteiger partial charge in [-0.3, -0.25) is 20.0 Å². The Hall–Kier alpha value is -2.48. The predicted octanol–water partition coefficient (Wildman–Crippen LogP) is 2.89. The summed E-state index contributed by atoms with van der Waals surface area (Å²) in [4.78, 5) is 25.3. The van der Waals surface area contributed by atoms with Gasteiger partial charge in [0.2, 0.25) is 0 Å². The van der Waals surface area contributed by atoms with Crippen LogP contribution in [0.15, 0.2) is 18.2 Å². The lowest BCUT2D eigenvalue weighted by molar-refractivity contribution is -0.384. The average Bonchev–Trinajstić information content (AvgIpc) is 3.04. The molecule has 1 saturated heterocycles. The van der Waals surface area contributed by atoms with Crippen LogP contribution in [0.2, 0.25) is 0 Å². The van der Waals surface area contributed by atoms with Crippen molar-refractivity contribution >= 4 is 22.5 Å². The van der Waals surface area contributed by atoms with E-state index >= 15 is 0 Å². The highest BCUT2D eigenvalue weighted by Crippen LogP contribution is 2.24. The van der Waals surface area contributed by atoms with E-state index in [1.165, 1.54) is 12.1 Å². The molecule has 1 aliphatic rings. The largest absolute Gasteiger partial charge is 0.376 e. The summed E-state index contributed by atoms with van der Waals surface area (Å²) in [6.45, 7) is 3.86. The first-order chi connectivity index (χ1) is 12.1. The fraction of sp³-hybridized carbons (Fsp3) is 0.529. The first kappa shape index (κ1) is 17.3. The Bertz CT molecular complexity index is 767.